The van der Waals surface area contributed by atoms with Gasteiger partial charge in [-0.25, -0.2) is 4.79 Å². The highest BCUT2D eigenvalue weighted by Gasteiger charge is 2.23. The van der Waals surface area contributed by atoms with Crippen molar-refractivity contribution in [1.29, 1.82) is 0 Å². The van der Waals surface area contributed by atoms with Crippen molar-refractivity contribution in [3.63, 3.8) is 0 Å². The fraction of sp³-hybridized carbons (Fsp3) is 0.429. The van der Waals surface area contributed by atoms with E-state index in [0.29, 0.717) is 0 Å². The number of carbonyl (C=O) groups is 2. The first-order chi connectivity index (χ1) is 8.27. The topological polar surface area (TPSA) is 43.4 Å². The van der Waals surface area contributed by atoms with Crippen molar-refractivity contribution in [2.45, 2.75) is 33.1 Å². The maximum absolute atomic E-state index is 11.9. The third-order valence-corrected chi connectivity index (χ3v) is 2.87. The molecule has 0 amide bonds. The van der Waals surface area contributed by atoms with Gasteiger partial charge in [0.1, 0.15) is 0 Å². The van der Waals surface area contributed by atoms with Gasteiger partial charge in [-0.3, -0.25) is 4.79 Å². The molecule has 0 unspecified atom stereocenters. The van der Waals surface area contributed by atoms with E-state index in [1.54, 1.807) is 19.1 Å². The number of hydrogen-bond acceptors (Lipinski definition) is 3. The van der Waals surface area contributed by atoms with Crippen molar-refractivity contribution in [2.24, 2.45) is 0 Å². The third-order valence-electron chi connectivity index (χ3n) is 2.54. The minimum atomic E-state index is -0.870. The Morgan fingerprint density at radius 1 is 1.28 bits per heavy atom. The summed E-state index contributed by atoms with van der Waals surface area (Å²) in [5, 5.41) is 0.265. The normalized spacial score (nSPS) is 11.2. The molecular formula is C14H17ClO3. The number of rotatable bonds is 3. The summed E-state index contributed by atoms with van der Waals surface area (Å²) >= 11 is 5.96. The molecule has 1 aromatic rings. The van der Waals surface area contributed by atoms with Crippen molar-refractivity contribution in [3.05, 3.63) is 34.3 Å². The molecule has 18 heavy (non-hydrogen) atoms. The summed E-state index contributed by atoms with van der Waals surface area (Å²) in [6, 6.07) is 5.14. The first-order valence-corrected chi connectivity index (χ1v) is 6.16. The molecule has 0 aliphatic carbocycles. The van der Waals surface area contributed by atoms with Gasteiger partial charge in [0.2, 0.25) is 0 Å². The molecule has 4 heteroatoms. The molecule has 0 spiro atoms. The largest absolute Gasteiger partial charge is 0.460 e. The number of ether oxygens (including phenoxy) is 1. The fourth-order valence-corrected chi connectivity index (χ4v) is 1.68. The Bertz CT molecular complexity index is 472. The van der Waals surface area contributed by atoms with E-state index < -0.39 is 11.8 Å². The van der Waals surface area contributed by atoms with Crippen LogP contribution in [0.1, 0.15) is 43.6 Å². The molecule has 0 heterocycles. The van der Waals surface area contributed by atoms with E-state index in [2.05, 4.69) is 0 Å². The number of ketones is 1. The van der Waals surface area contributed by atoms with Gasteiger partial charge in [0.15, 0.2) is 0 Å². The number of carbonyl (C=O) groups excluding carboxylic acids is 2. The summed E-state index contributed by atoms with van der Waals surface area (Å²) in [4.78, 5) is 23.3. The molecule has 0 saturated heterocycles. The van der Waals surface area contributed by atoms with Crippen LogP contribution in [-0.2, 0) is 14.9 Å². The van der Waals surface area contributed by atoms with Gasteiger partial charge >= 0.3 is 5.97 Å². The summed E-state index contributed by atoms with van der Waals surface area (Å²) in [6.07, 6.45) is 0. The molecule has 0 aliphatic heterocycles. The average molecular weight is 269 g/mol. The first-order valence-electron chi connectivity index (χ1n) is 5.79. The Morgan fingerprint density at radius 3 is 2.39 bits per heavy atom. The molecule has 0 radical (unpaired) electrons. The van der Waals surface area contributed by atoms with Crippen LogP contribution in [0.15, 0.2) is 18.2 Å². The molecule has 0 atom stereocenters. The van der Waals surface area contributed by atoms with Gasteiger partial charge in [-0.05, 0) is 30.0 Å². The van der Waals surface area contributed by atoms with Crippen LogP contribution in [0.5, 0.6) is 0 Å². The molecule has 0 aromatic heterocycles. The summed E-state index contributed by atoms with van der Waals surface area (Å²) in [6.45, 7) is 7.89. The maximum Gasteiger partial charge on any atom is 0.379 e. The van der Waals surface area contributed by atoms with Gasteiger partial charge in [0, 0.05) is 5.56 Å². The molecule has 1 aromatic carbocycles. The second-order valence-corrected chi connectivity index (χ2v) is 5.40. The minimum absolute atomic E-state index is 0.117. The van der Waals surface area contributed by atoms with Crippen molar-refractivity contribution in [3.8, 4) is 0 Å². The van der Waals surface area contributed by atoms with Gasteiger partial charge < -0.3 is 4.74 Å². The Labute approximate surface area is 112 Å². The summed E-state index contributed by atoms with van der Waals surface area (Å²) in [5.41, 5.74) is 1.02. The van der Waals surface area contributed by atoms with Gasteiger partial charge in [-0.15, -0.1) is 0 Å². The zero-order valence-corrected chi connectivity index (χ0v) is 11.8. The SMILES string of the molecule is CCOC(=O)C(=O)c1cc(C(C)(C)C)ccc1Cl. The van der Waals surface area contributed by atoms with E-state index in [1.165, 1.54) is 0 Å². The monoisotopic (exact) mass is 268 g/mol. The standard InChI is InChI=1S/C14H17ClO3/c1-5-18-13(17)12(16)10-8-9(14(2,3)4)6-7-11(10)15/h6-8H,5H2,1-4H3. The van der Waals surface area contributed by atoms with Crippen LogP contribution >= 0.6 is 11.6 Å². The zero-order valence-electron chi connectivity index (χ0n) is 11.0. The lowest BCUT2D eigenvalue weighted by Gasteiger charge is -2.19. The molecule has 98 valence electrons. The number of esters is 1. The van der Waals surface area contributed by atoms with Crippen LogP contribution in [0.4, 0.5) is 0 Å². The van der Waals surface area contributed by atoms with Crippen molar-refractivity contribution < 1.29 is 14.3 Å². The Morgan fingerprint density at radius 2 is 1.89 bits per heavy atom. The van der Waals surface area contributed by atoms with Gasteiger partial charge in [-0.2, -0.15) is 0 Å². The van der Waals surface area contributed by atoms with Crippen molar-refractivity contribution >= 4 is 23.4 Å². The van der Waals surface area contributed by atoms with E-state index in [4.69, 9.17) is 16.3 Å². The lowest BCUT2D eigenvalue weighted by molar-refractivity contribution is -0.137. The Balaban J connectivity index is 3.16. The van der Waals surface area contributed by atoms with Crippen LogP contribution in [0, 0.1) is 0 Å². The van der Waals surface area contributed by atoms with E-state index >= 15 is 0 Å². The van der Waals surface area contributed by atoms with E-state index in [1.807, 2.05) is 26.8 Å². The van der Waals surface area contributed by atoms with E-state index in [-0.39, 0.29) is 22.6 Å². The van der Waals surface area contributed by atoms with Crippen LogP contribution < -0.4 is 0 Å². The number of Topliss-reactive ketones (excluding diaryl/α,β-unsaturated/α-hetero) is 1. The molecule has 1 rings (SSSR count). The number of benzene rings is 1. The fourth-order valence-electron chi connectivity index (χ4n) is 1.47. The predicted octanol–water partition coefficient (Wildman–Crippen LogP) is 3.38. The molecule has 0 N–H and O–H groups in total. The Hall–Kier alpha value is -1.35. The quantitative estimate of drug-likeness (QED) is 0.479. The van der Waals surface area contributed by atoms with E-state index in [9.17, 15) is 9.59 Å². The zero-order chi connectivity index (χ0) is 13.9. The Kier molecular flexibility index (Phi) is 4.52. The molecular weight excluding hydrogens is 252 g/mol. The maximum atomic E-state index is 11.9. The molecule has 0 aliphatic rings. The highest BCUT2D eigenvalue weighted by molar-refractivity contribution is 6.45. The third kappa shape index (κ3) is 3.33. The summed E-state index contributed by atoms with van der Waals surface area (Å²) < 4.78 is 4.69. The predicted molar refractivity (Wildman–Crippen MR) is 71.1 cm³/mol. The highest BCUT2D eigenvalue weighted by atomic mass is 35.5. The van der Waals surface area contributed by atoms with Crippen LogP contribution in [0.3, 0.4) is 0 Å². The number of hydrogen-bond donors (Lipinski definition) is 0. The molecule has 0 saturated carbocycles. The molecule has 0 fully saturated rings. The number of halogens is 1. The van der Waals surface area contributed by atoms with Crippen molar-refractivity contribution in [2.75, 3.05) is 6.61 Å². The smallest absolute Gasteiger partial charge is 0.379 e. The minimum Gasteiger partial charge on any atom is -0.460 e. The second kappa shape index (κ2) is 5.53. The molecule has 0 bridgehead atoms. The van der Waals surface area contributed by atoms with Gasteiger partial charge in [0.25, 0.3) is 5.78 Å². The highest BCUT2D eigenvalue weighted by Crippen LogP contribution is 2.27. The molecule has 3 nitrogen and oxygen atoms in total. The van der Waals surface area contributed by atoms with Crippen LogP contribution in [-0.4, -0.2) is 18.4 Å². The van der Waals surface area contributed by atoms with Crippen LogP contribution in [0.25, 0.3) is 0 Å². The van der Waals surface area contributed by atoms with Gasteiger partial charge in [-0.1, -0.05) is 38.4 Å². The lowest BCUT2D eigenvalue weighted by atomic mass is 9.86. The second-order valence-electron chi connectivity index (χ2n) is 4.99. The first kappa shape index (κ1) is 14.7. The van der Waals surface area contributed by atoms with E-state index in [0.717, 1.165) is 5.56 Å². The lowest BCUT2D eigenvalue weighted by Crippen LogP contribution is -2.19. The summed E-state index contributed by atoms with van der Waals surface area (Å²) in [5.74, 6) is -1.57. The van der Waals surface area contributed by atoms with Gasteiger partial charge in [0.05, 0.1) is 11.6 Å². The summed E-state index contributed by atoms with van der Waals surface area (Å²) in [7, 11) is 0. The van der Waals surface area contributed by atoms with Crippen LogP contribution in [0.2, 0.25) is 5.02 Å². The average Bonchev–Trinajstić information content (AvgIpc) is 2.27. The van der Waals surface area contributed by atoms with Crippen molar-refractivity contribution in [1.82, 2.24) is 0 Å².